The molecule has 0 unspecified atom stereocenters. The normalized spacial score (nSPS) is 18.2. The Kier molecular flexibility index (Phi) is 7.92. The van der Waals surface area contributed by atoms with Crippen LogP contribution in [0.25, 0.3) is 0 Å². The molecule has 0 aliphatic carbocycles. The van der Waals surface area contributed by atoms with Crippen LogP contribution >= 0.6 is 0 Å². The molecule has 2 amide bonds. The molecule has 0 saturated carbocycles. The van der Waals surface area contributed by atoms with E-state index in [0.717, 1.165) is 22.6 Å². The molecule has 4 aromatic rings. The number of benzene rings is 4. The average molecular weight is 578 g/mol. The first-order valence-electron chi connectivity index (χ1n) is 14.4. The lowest BCUT2D eigenvalue weighted by atomic mass is 9.78. The van der Waals surface area contributed by atoms with Crippen LogP contribution in [0.15, 0.2) is 97.1 Å². The molecular weight excluding hydrogens is 542 g/mol. The zero-order chi connectivity index (χ0) is 29.9. The lowest BCUT2D eigenvalue weighted by Crippen LogP contribution is -2.53. The van der Waals surface area contributed by atoms with E-state index in [1.807, 2.05) is 102 Å². The lowest BCUT2D eigenvalue weighted by Gasteiger charge is -2.45. The number of fused-ring (bicyclic) bond motifs is 1. The van der Waals surface area contributed by atoms with E-state index < -0.39 is 12.0 Å². The van der Waals surface area contributed by atoms with Gasteiger partial charge in [-0.25, -0.2) is 0 Å². The molecule has 1 saturated heterocycles. The minimum absolute atomic E-state index is 0.000966. The van der Waals surface area contributed by atoms with E-state index in [4.69, 9.17) is 14.2 Å². The highest BCUT2D eigenvalue weighted by Gasteiger charge is 2.46. The first-order chi connectivity index (χ1) is 21.0. The summed E-state index contributed by atoms with van der Waals surface area (Å²) in [4.78, 5) is 34.8. The van der Waals surface area contributed by atoms with Gasteiger partial charge in [-0.3, -0.25) is 14.5 Å². The van der Waals surface area contributed by atoms with E-state index in [0.29, 0.717) is 48.9 Å². The molecule has 2 atom stereocenters. The van der Waals surface area contributed by atoms with E-state index in [9.17, 15) is 9.59 Å². The van der Waals surface area contributed by atoms with Crippen LogP contribution in [0.2, 0.25) is 0 Å². The molecule has 43 heavy (non-hydrogen) atoms. The predicted octanol–water partition coefficient (Wildman–Crippen LogP) is 5.55. The SMILES string of the molecule is COc1ccc([C@@H]2[C@@H](C(=O)N3CCN(c4ccccc4OC)CC3)c3ccccc3C(=O)N2c2ccc(OC)cc2)cc1. The van der Waals surface area contributed by atoms with Crippen molar-refractivity contribution < 1.29 is 23.8 Å². The molecule has 220 valence electrons. The van der Waals surface area contributed by atoms with Crippen LogP contribution in [0.4, 0.5) is 11.4 Å². The molecule has 0 aromatic heterocycles. The Labute approximate surface area is 252 Å². The first-order valence-corrected chi connectivity index (χ1v) is 14.4. The molecule has 2 aliphatic rings. The summed E-state index contributed by atoms with van der Waals surface area (Å²) in [6.07, 6.45) is 0. The van der Waals surface area contributed by atoms with Gasteiger partial charge in [0.15, 0.2) is 0 Å². The zero-order valence-corrected chi connectivity index (χ0v) is 24.6. The number of hydrogen-bond donors (Lipinski definition) is 0. The largest absolute Gasteiger partial charge is 0.497 e. The standard InChI is InChI=1S/C35H35N3O5/c1-41-26-16-12-24(13-17-26)33-32(35(40)37-22-20-36(21-23-37)30-10-6-7-11-31(30)43-3)28-8-4-5-9-29(28)34(39)38(33)25-14-18-27(42-2)19-15-25/h4-19,32-33H,20-23H2,1-3H3/t32-,33+/m0/s1. The van der Waals surface area contributed by atoms with Crippen LogP contribution in [0.3, 0.4) is 0 Å². The van der Waals surface area contributed by atoms with Gasteiger partial charge >= 0.3 is 0 Å². The molecule has 6 rings (SSSR count). The van der Waals surface area contributed by atoms with Crippen LogP contribution in [0, 0.1) is 0 Å². The van der Waals surface area contributed by atoms with Gasteiger partial charge < -0.3 is 24.0 Å². The number of nitrogens with zero attached hydrogens (tertiary/aromatic N) is 3. The molecule has 0 N–H and O–H groups in total. The van der Waals surface area contributed by atoms with Crippen LogP contribution in [-0.4, -0.2) is 64.2 Å². The van der Waals surface area contributed by atoms with Crippen molar-refractivity contribution in [3.8, 4) is 17.2 Å². The van der Waals surface area contributed by atoms with E-state index in [1.165, 1.54) is 0 Å². The van der Waals surface area contributed by atoms with E-state index >= 15 is 0 Å². The van der Waals surface area contributed by atoms with Crippen LogP contribution in [-0.2, 0) is 4.79 Å². The highest BCUT2D eigenvalue weighted by Crippen LogP contribution is 2.46. The number of piperazine rings is 1. The third-order valence-electron chi connectivity index (χ3n) is 8.43. The van der Waals surface area contributed by atoms with Crippen molar-refractivity contribution in [1.82, 2.24) is 4.90 Å². The Morgan fingerprint density at radius 1 is 0.698 bits per heavy atom. The number of carbonyl (C=O) groups is 2. The van der Waals surface area contributed by atoms with Crippen molar-refractivity contribution in [3.05, 3.63) is 114 Å². The highest BCUT2D eigenvalue weighted by molar-refractivity contribution is 6.11. The van der Waals surface area contributed by atoms with Crippen molar-refractivity contribution in [2.75, 3.05) is 57.3 Å². The number of para-hydroxylation sites is 2. The number of ether oxygens (including phenoxy) is 3. The van der Waals surface area contributed by atoms with Gasteiger partial charge in [-0.05, 0) is 65.7 Å². The van der Waals surface area contributed by atoms with Crippen LogP contribution in [0.1, 0.15) is 33.4 Å². The van der Waals surface area contributed by atoms with E-state index in [2.05, 4.69) is 4.90 Å². The number of carbonyl (C=O) groups excluding carboxylic acids is 2. The Balaban J connectivity index is 1.40. The Morgan fingerprint density at radius 3 is 1.95 bits per heavy atom. The molecule has 0 spiro atoms. The predicted molar refractivity (Wildman–Crippen MR) is 167 cm³/mol. The van der Waals surface area contributed by atoms with Gasteiger partial charge in [0.25, 0.3) is 5.91 Å². The Morgan fingerprint density at radius 2 is 1.30 bits per heavy atom. The number of methoxy groups -OCH3 is 3. The van der Waals surface area contributed by atoms with Crippen molar-refractivity contribution in [1.29, 1.82) is 0 Å². The summed E-state index contributed by atoms with van der Waals surface area (Å²) in [5, 5.41) is 0. The van der Waals surface area contributed by atoms with Gasteiger partial charge in [0.05, 0.1) is 39.0 Å². The molecular formula is C35H35N3O5. The Bertz CT molecular complexity index is 1600. The van der Waals surface area contributed by atoms with Crippen LogP contribution in [0.5, 0.6) is 17.2 Å². The topological polar surface area (TPSA) is 71.6 Å². The molecule has 0 bridgehead atoms. The summed E-state index contributed by atoms with van der Waals surface area (Å²) in [6.45, 7) is 2.46. The van der Waals surface area contributed by atoms with E-state index in [-0.39, 0.29) is 11.8 Å². The molecule has 4 aromatic carbocycles. The summed E-state index contributed by atoms with van der Waals surface area (Å²) < 4.78 is 16.4. The maximum Gasteiger partial charge on any atom is 0.259 e. The Hall–Kier alpha value is -4.98. The summed E-state index contributed by atoms with van der Waals surface area (Å²) in [5.74, 6) is 1.46. The van der Waals surface area contributed by atoms with Gasteiger partial charge in [-0.2, -0.15) is 0 Å². The lowest BCUT2D eigenvalue weighted by molar-refractivity contribution is -0.133. The summed E-state index contributed by atoms with van der Waals surface area (Å²) in [6, 6.07) is 29.9. The molecule has 8 heteroatoms. The van der Waals surface area contributed by atoms with Gasteiger partial charge in [0, 0.05) is 37.4 Å². The fraction of sp³-hybridized carbons (Fsp3) is 0.257. The third-order valence-corrected chi connectivity index (χ3v) is 8.43. The van der Waals surface area contributed by atoms with E-state index in [1.54, 1.807) is 26.2 Å². The average Bonchev–Trinajstić information content (AvgIpc) is 3.08. The molecule has 2 heterocycles. The van der Waals surface area contributed by atoms with Gasteiger partial charge in [0.2, 0.25) is 5.91 Å². The van der Waals surface area contributed by atoms with Crippen molar-refractivity contribution in [3.63, 3.8) is 0 Å². The summed E-state index contributed by atoms with van der Waals surface area (Å²) >= 11 is 0. The zero-order valence-electron chi connectivity index (χ0n) is 24.6. The fourth-order valence-corrected chi connectivity index (χ4v) is 6.23. The monoisotopic (exact) mass is 577 g/mol. The van der Waals surface area contributed by atoms with Gasteiger partial charge in [-0.15, -0.1) is 0 Å². The highest BCUT2D eigenvalue weighted by atomic mass is 16.5. The first kappa shape index (κ1) is 28.2. The molecule has 8 nitrogen and oxygen atoms in total. The second-order valence-electron chi connectivity index (χ2n) is 10.6. The smallest absolute Gasteiger partial charge is 0.259 e. The maximum absolute atomic E-state index is 14.7. The number of hydrogen-bond acceptors (Lipinski definition) is 6. The van der Waals surface area contributed by atoms with Crippen molar-refractivity contribution in [2.24, 2.45) is 0 Å². The van der Waals surface area contributed by atoms with Gasteiger partial charge in [-0.1, -0.05) is 42.5 Å². The molecule has 2 aliphatic heterocycles. The van der Waals surface area contributed by atoms with Crippen LogP contribution < -0.4 is 24.0 Å². The number of amides is 2. The van der Waals surface area contributed by atoms with Crippen molar-refractivity contribution in [2.45, 2.75) is 12.0 Å². The fourth-order valence-electron chi connectivity index (χ4n) is 6.23. The van der Waals surface area contributed by atoms with Gasteiger partial charge in [0.1, 0.15) is 17.2 Å². The summed E-state index contributed by atoms with van der Waals surface area (Å²) in [7, 11) is 4.91. The number of anilines is 2. The summed E-state index contributed by atoms with van der Waals surface area (Å²) in [5.41, 5.74) is 3.85. The maximum atomic E-state index is 14.7. The quantitative estimate of drug-likeness (QED) is 0.287. The third kappa shape index (κ3) is 5.25. The number of rotatable bonds is 7. The minimum Gasteiger partial charge on any atom is -0.497 e. The second kappa shape index (κ2) is 12.1. The molecule has 0 radical (unpaired) electrons. The van der Waals surface area contributed by atoms with Crippen molar-refractivity contribution >= 4 is 23.2 Å². The second-order valence-corrected chi connectivity index (χ2v) is 10.6. The molecule has 1 fully saturated rings. The minimum atomic E-state index is -0.609.